The predicted molar refractivity (Wildman–Crippen MR) is 85.1 cm³/mol. The highest BCUT2D eigenvalue weighted by molar-refractivity contribution is 7.13. The molecule has 0 aliphatic rings. The van der Waals surface area contributed by atoms with E-state index in [1.54, 1.807) is 18.6 Å². The molecule has 6 heteroatoms. The highest BCUT2D eigenvalue weighted by Gasteiger charge is 2.09. The van der Waals surface area contributed by atoms with Crippen molar-refractivity contribution in [3.63, 3.8) is 0 Å². The Morgan fingerprint density at radius 3 is 2.77 bits per heavy atom. The molecule has 0 atom stereocenters. The average molecular weight is 310 g/mol. The van der Waals surface area contributed by atoms with Crippen LogP contribution < -0.4 is 5.32 Å². The summed E-state index contributed by atoms with van der Waals surface area (Å²) >= 11 is 1.50. The molecule has 0 aromatic carbocycles. The van der Waals surface area contributed by atoms with Crippen LogP contribution in [0.15, 0.2) is 54.3 Å². The van der Waals surface area contributed by atoms with Crippen LogP contribution in [0.2, 0.25) is 0 Å². The molecule has 5 nitrogen and oxygen atoms in total. The first kappa shape index (κ1) is 14.3. The average Bonchev–Trinajstić information content (AvgIpc) is 3.03. The van der Waals surface area contributed by atoms with Gasteiger partial charge in [0, 0.05) is 30.5 Å². The number of pyridine rings is 2. The Bertz CT molecular complexity index is 743. The third kappa shape index (κ3) is 3.73. The number of rotatable bonds is 5. The molecule has 0 saturated heterocycles. The Labute approximate surface area is 132 Å². The minimum atomic E-state index is -0.0466. The minimum absolute atomic E-state index is 0.0466. The molecule has 3 aromatic rings. The van der Waals surface area contributed by atoms with Crippen molar-refractivity contribution in [2.45, 2.75) is 13.0 Å². The number of carbonyl (C=O) groups excluding carboxylic acids is 1. The lowest BCUT2D eigenvalue weighted by atomic mass is 10.2. The maximum atomic E-state index is 12.0. The molecule has 0 aliphatic heterocycles. The van der Waals surface area contributed by atoms with Crippen LogP contribution in [-0.4, -0.2) is 20.9 Å². The zero-order valence-corrected chi connectivity index (χ0v) is 12.6. The van der Waals surface area contributed by atoms with Gasteiger partial charge in [-0.25, -0.2) is 4.98 Å². The summed E-state index contributed by atoms with van der Waals surface area (Å²) in [5.74, 6) is -0.0466. The van der Waals surface area contributed by atoms with Crippen molar-refractivity contribution in [2.24, 2.45) is 0 Å². The van der Waals surface area contributed by atoms with E-state index in [4.69, 9.17) is 0 Å². The SMILES string of the molecule is O=C(Cc1csc(-c2ccccn2)n1)NCc1ccncc1. The van der Waals surface area contributed by atoms with Gasteiger partial charge in [0.15, 0.2) is 0 Å². The summed E-state index contributed by atoms with van der Waals surface area (Å²) in [6.45, 7) is 0.499. The minimum Gasteiger partial charge on any atom is -0.352 e. The van der Waals surface area contributed by atoms with Gasteiger partial charge in [0.05, 0.1) is 17.8 Å². The number of nitrogens with one attached hydrogen (secondary N) is 1. The first-order valence-electron chi connectivity index (χ1n) is 6.82. The second-order valence-corrected chi connectivity index (χ2v) is 5.53. The van der Waals surface area contributed by atoms with Gasteiger partial charge in [-0.15, -0.1) is 11.3 Å². The van der Waals surface area contributed by atoms with E-state index in [1.165, 1.54) is 11.3 Å². The van der Waals surface area contributed by atoms with Gasteiger partial charge < -0.3 is 5.32 Å². The van der Waals surface area contributed by atoms with Crippen molar-refractivity contribution in [3.8, 4) is 10.7 Å². The predicted octanol–water partition coefficient (Wildman–Crippen LogP) is 2.46. The monoisotopic (exact) mass is 310 g/mol. The summed E-state index contributed by atoms with van der Waals surface area (Å²) in [4.78, 5) is 24.6. The molecule has 1 amide bonds. The van der Waals surface area contributed by atoms with Crippen molar-refractivity contribution in [1.82, 2.24) is 20.3 Å². The molecule has 0 saturated carbocycles. The zero-order valence-electron chi connectivity index (χ0n) is 11.8. The molecule has 0 aliphatic carbocycles. The number of amides is 1. The molecule has 0 fully saturated rings. The Morgan fingerprint density at radius 2 is 2.00 bits per heavy atom. The van der Waals surface area contributed by atoms with Crippen molar-refractivity contribution >= 4 is 17.2 Å². The van der Waals surface area contributed by atoms with Crippen LogP contribution in [0.25, 0.3) is 10.7 Å². The van der Waals surface area contributed by atoms with Crippen molar-refractivity contribution < 1.29 is 4.79 Å². The van der Waals surface area contributed by atoms with Gasteiger partial charge >= 0.3 is 0 Å². The van der Waals surface area contributed by atoms with Crippen LogP contribution in [0.5, 0.6) is 0 Å². The van der Waals surface area contributed by atoms with E-state index in [1.807, 2.05) is 35.7 Å². The van der Waals surface area contributed by atoms with E-state index in [-0.39, 0.29) is 12.3 Å². The van der Waals surface area contributed by atoms with Crippen LogP contribution in [0.4, 0.5) is 0 Å². The Balaban J connectivity index is 1.57. The summed E-state index contributed by atoms with van der Waals surface area (Å²) in [5, 5.41) is 5.61. The topological polar surface area (TPSA) is 67.8 Å². The van der Waals surface area contributed by atoms with E-state index in [9.17, 15) is 4.79 Å². The molecular weight excluding hydrogens is 296 g/mol. The quantitative estimate of drug-likeness (QED) is 0.786. The lowest BCUT2D eigenvalue weighted by molar-refractivity contribution is -0.120. The Hall–Kier alpha value is -2.60. The number of carbonyl (C=O) groups is 1. The summed E-state index contributed by atoms with van der Waals surface area (Å²) in [7, 11) is 0. The van der Waals surface area contributed by atoms with E-state index >= 15 is 0 Å². The Morgan fingerprint density at radius 1 is 1.14 bits per heavy atom. The van der Waals surface area contributed by atoms with Crippen LogP contribution in [0, 0.1) is 0 Å². The fourth-order valence-electron chi connectivity index (χ4n) is 1.92. The number of hydrogen-bond donors (Lipinski definition) is 1. The highest BCUT2D eigenvalue weighted by atomic mass is 32.1. The molecular formula is C16H14N4OS. The molecule has 0 spiro atoms. The third-order valence-electron chi connectivity index (χ3n) is 3.02. The zero-order chi connectivity index (χ0) is 15.2. The van der Waals surface area contributed by atoms with Crippen molar-refractivity contribution in [1.29, 1.82) is 0 Å². The van der Waals surface area contributed by atoms with Gasteiger partial charge in [0.2, 0.25) is 5.91 Å². The van der Waals surface area contributed by atoms with Crippen LogP contribution in [0.1, 0.15) is 11.3 Å². The number of aromatic nitrogens is 3. The van der Waals surface area contributed by atoms with Crippen molar-refractivity contribution in [2.75, 3.05) is 0 Å². The van der Waals surface area contributed by atoms with Gasteiger partial charge in [0.25, 0.3) is 0 Å². The summed E-state index contributed by atoms with van der Waals surface area (Å²) in [5.41, 5.74) is 2.62. The number of nitrogens with zero attached hydrogens (tertiary/aromatic N) is 3. The molecule has 22 heavy (non-hydrogen) atoms. The number of hydrogen-bond acceptors (Lipinski definition) is 5. The molecule has 3 heterocycles. The van der Waals surface area contributed by atoms with E-state index < -0.39 is 0 Å². The molecule has 3 aromatic heterocycles. The number of thiazole rings is 1. The molecule has 0 bridgehead atoms. The maximum absolute atomic E-state index is 12.0. The molecule has 3 rings (SSSR count). The van der Waals surface area contributed by atoms with Gasteiger partial charge in [0.1, 0.15) is 5.01 Å². The van der Waals surface area contributed by atoms with E-state index in [0.717, 1.165) is 22.0 Å². The van der Waals surface area contributed by atoms with Gasteiger partial charge in [-0.2, -0.15) is 0 Å². The smallest absolute Gasteiger partial charge is 0.226 e. The first-order valence-corrected chi connectivity index (χ1v) is 7.70. The van der Waals surface area contributed by atoms with Gasteiger partial charge in [-0.1, -0.05) is 6.07 Å². The normalized spacial score (nSPS) is 10.4. The molecule has 1 N–H and O–H groups in total. The summed E-state index contributed by atoms with van der Waals surface area (Å²) < 4.78 is 0. The van der Waals surface area contributed by atoms with Crippen LogP contribution >= 0.6 is 11.3 Å². The molecule has 110 valence electrons. The summed E-state index contributed by atoms with van der Waals surface area (Å²) in [6, 6.07) is 9.45. The molecule has 0 radical (unpaired) electrons. The molecule has 0 unspecified atom stereocenters. The maximum Gasteiger partial charge on any atom is 0.226 e. The largest absolute Gasteiger partial charge is 0.352 e. The standard InChI is InChI=1S/C16H14N4OS/c21-15(19-10-12-4-7-17-8-5-12)9-13-11-22-16(20-13)14-3-1-2-6-18-14/h1-8,11H,9-10H2,(H,19,21). The van der Waals surface area contributed by atoms with Crippen molar-refractivity contribution in [3.05, 3.63) is 65.6 Å². The third-order valence-corrected chi connectivity index (χ3v) is 3.93. The summed E-state index contributed by atoms with van der Waals surface area (Å²) in [6.07, 6.45) is 5.42. The second-order valence-electron chi connectivity index (χ2n) is 4.67. The van der Waals surface area contributed by atoms with Gasteiger partial charge in [-0.05, 0) is 29.8 Å². The lowest BCUT2D eigenvalue weighted by Crippen LogP contribution is -2.24. The lowest BCUT2D eigenvalue weighted by Gasteiger charge is -2.03. The fourth-order valence-corrected chi connectivity index (χ4v) is 2.72. The highest BCUT2D eigenvalue weighted by Crippen LogP contribution is 2.21. The second kappa shape index (κ2) is 6.91. The van der Waals surface area contributed by atoms with E-state index in [2.05, 4.69) is 20.3 Å². The van der Waals surface area contributed by atoms with Crippen LogP contribution in [0.3, 0.4) is 0 Å². The van der Waals surface area contributed by atoms with E-state index in [0.29, 0.717) is 6.54 Å². The first-order chi connectivity index (χ1) is 10.8. The van der Waals surface area contributed by atoms with Crippen LogP contribution in [-0.2, 0) is 17.8 Å². The van der Waals surface area contributed by atoms with Gasteiger partial charge in [-0.3, -0.25) is 14.8 Å². The Kier molecular flexibility index (Phi) is 4.50. The fraction of sp³-hybridized carbons (Fsp3) is 0.125.